The van der Waals surface area contributed by atoms with Crippen molar-refractivity contribution in [2.24, 2.45) is 5.10 Å². The van der Waals surface area contributed by atoms with Crippen molar-refractivity contribution in [3.05, 3.63) is 88.8 Å². The van der Waals surface area contributed by atoms with E-state index in [2.05, 4.69) is 10.5 Å². The van der Waals surface area contributed by atoms with E-state index in [4.69, 9.17) is 16.0 Å². The van der Waals surface area contributed by atoms with Crippen LogP contribution >= 0.6 is 11.6 Å². The Morgan fingerprint density at radius 3 is 2.59 bits per heavy atom. The van der Waals surface area contributed by atoms with Crippen molar-refractivity contribution in [3.63, 3.8) is 0 Å². The first-order chi connectivity index (χ1) is 12.9. The summed E-state index contributed by atoms with van der Waals surface area (Å²) in [4.78, 5) is 12.2. The molecule has 1 heterocycles. The van der Waals surface area contributed by atoms with Gasteiger partial charge < -0.3 is 4.42 Å². The molecule has 138 valence electrons. The van der Waals surface area contributed by atoms with Gasteiger partial charge >= 0.3 is 5.91 Å². The summed E-state index contributed by atoms with van der Waals surface area (Å²) in [5.74, 6) is -0.785. The first-order valence-corrected chi connectivity index (χ1v) is 9.92. The highest BCUT2D eigenvalue weighted by atomic mass is 35.5. The molecule has 1 N–H and O–H groups in total. The van der Waals surface area contributed by atoms with E-state index in [1.54, 1.807) is 42.5 Å². The summed E-state index contributed by atoms with van der Waals surface area (Å²) in [7, 11) is -3.55. The zero-order chi connectivity index (χ0) is 19.3. The quantitative estimate of drug-likeness (QED) is 0.503. The number of amides is 1. The van der Waals surface area contributed by atoms with Crippen LogP contribution in [0.25, 0.3) is 0 Å². The van der Waals surface area contributed by atoms with E-state index < -0.39 is 15.7 Å². The second-order valence-corrected chi connectivity index (χ2v) is 8.02. The van der Waals surface area contributed by atoms with E-state index in [-0.39, 0.29) is 22.2 Å². The minimum Gasteiger partial charge on any atom is -0.455 e. The van der Waals surface area contributed by atoms with Crippen molar-refractivity contribution < 1.29 is 17.6 Å². The van der Waals surface area contributed by atoms with Crippen LogP contribution in [0.3, 0.4) is 0 Å². The lowest BCUT2D eigenvalue weighted by molar-refractivity contribution is 0.0926. The van der Waals surface area contributed by atoms with Crippen molar-refractivity contribution in [2.45, 2.75) is 10.6 Å². The van der Waals surface area contributed by atoms with Gasteiger partial charge in [-0.05, 0) is 42.0 Å². The minimum atomic E-state index is -3.55. The highest BCUT2D eigenvalue weighted by Gasteiger charge is 2.19. The number of halogens is 1. The molecule has 0 bridgehead atoms. The average molecular weight is 403 g/mol. The molecule has 2 aromatic carbocycles. The van der Waals surface area contributed by atoms with Crippen LogP contribution in [-0.4, -0.2) is 20.5 Å². The van der Waals surface area contributed by atoms with Crippen LogP contribution in [0, 0.1) is 0 Å². The standard InChI is InChI=1S/C19H15ClN2O4S/c20-15-6-4-5-14(11-15)12-21-22-19(23)18-10-9-16(26-18)13-27(24,25)17-7-2-1-3-8-17/h1-12H,13H2,(H,22,23)/b21-12-. The van der Waals surface area contributed by atoms with Crippen molar-refractivity contribution >= 4 is 33.6 Å². The number of rotatable bonds is 6. The lowest BCUT2D eigenvalue weighted by atomic mass is 10.2. The molecule has 6 nitrogen and oxygen atoms in total. The molecule has 0 fully saturated rings. The van der Waals surface area contributed by atoms with E-state index in [0.29, 0.717) is 5.02 Å². The van der Waals surface area contributed by atoms with Gasteiger partial charge in [-0.15, -0.1) is 0 Å². The maximum atomic E-state index is 12.3. The molecule has 1 aromatic heterocycles. The molecule has 0 saturated carbocycles. The Kier molecular flexibility index (Phi) is 5.73. The lowest BCUT2D eigenvalue weighted by Gasteiger charge is -2.02. The molecular formula is C19H15ClN2O4S. The third-order valence-corrected chi connectivity index (χ3v) is 5.44. The van der Waals surface area contributed by atoms with Crippen LogP contribution in [0.15, 0.2) is 81.1 Å². The monoisotopic (exact) mass is 402 g/mol. The van der Waals surface area contributed by atoms with Crippen molar-refractivity contribution in [1.82, 2.24) is 5.43 Å². The van der Waals surface area contributed by atoms with Crippen LogP contribution in [0.1, 0.15) is 21.9 Å². The number of carbonyl (C=O) groups excluding carboxylic acids is 1. The molecule has 0 radical (unpaired) electrons. The van der Waals surface area contributed by atoms with Gasteiger partial charge in [0.15, 0.2) is 15.6 Å². The fourth-order valence-corrected chi connectivity index (χ4v) is 3.75. The Morgan fingerprint density at radius 1 is 1.07 bits per heavy atom. The van der Waals surface area contributed by atoms with E-state index in [9.17, 15) is 13.2 Å². The fourth-order valence-electron chi connectivity index (χ4n) is 2.28. The number of nitrogens with one attached hydrogen (secondary N) is 1. The zero-order valence-electron chi connectivity index (χ0n) is 14.0. The number of hydrogen-bond donors (Lipinski definition) is 1. The highest BCUT2D eigenvalue weighted by molar-refractivity contribution is 7.90. The van der Waals surface area contributed by atoms with Gasteiger partial charge in [0.25, 0.3) is 0 Å². The molecule has 0 aliphatic carbocycles. The molecule has 0 saturated heterocycles. The second kappa shape index (κ2) is 8.20. The summed E-state index contributed by atoms with van der Waals surface area (Å²) >= 11 is 5.87. The first kappa shape index (κ1) is 18.9. The average Bonchev–Trinajstić information content (AvgIpc) is 3.10. The minimum absolute atomic E-state index is 0.0310. The molecule has 1 amide bonds. The number of hydrogen-bond acceptors (Lipinski definition) is 5. The Hall–Kier alpha value is -2.90. The first-order valence-electron chi connectivity index (χ1n) is 7.89. The van der Waals surface area contributed by atoms with Gasteiger partial charge in [-0.2, -0.15) is 5.10 Å². The Balaban J connectivity index is 1.64. The largest absolute Gasteiger partial charge is 0.455 e. The molecule has 3 rings (SSSR count). The predicted octanol–water partition coefficient (Wildman–Crippen LogP) is 3.67. The van der Waals surface area contributed by atoms with E-state index in [1.807, 2.05) is 0 Å². The number of furan rings is 1. The lowest BCUT2D eigenvalue weighted by Crippen LogP contribution is -2.16. The number of hydrazone groups is 1. The fraction of sp³-hybridized carbons (Fsp3) is 0.0526. The molecule has 3 aromatic rings. The zero-order valence-corrected chi connectivity index (χ0v) is 15.6. The van der Waals surface area contributed by atoms with Crippen molar-refractivity contribution in [1.29, 1.82) is 0 Å². The van der Waals surface area contributed by atoms with Crippen LogP contribution in [-0.2, 0) is 15.6 Å². The summed E-state index contributed by atoms with van der Waals surface area (Å²) in [5, 5.41) is 4.39. The van der Waals surface area contributed by atoms with Crippen LogP contribution in [0.4, 0.5) is 0 Å². The molecule has 0 atom stereocenters. The van der Waals surface area contributed by atoms with Gasteiger partial charge in [0.1, 0.15) is 11.5 Å². The molecular weight excluding hydrogens is 388 g/mol. The summed E-state index contributed by atoms with van der Waals surface area (Å²) in [6.45, 7) is 0. The Morgan fingerprint density at radius 2 is 1.85 bits per heavy atom. The number of benzene rings is 2. The molecule has 0 spiro atoms. The van der Waals surface area contributed by atoms with Crippen LogP contribution < -0.4 is 5.43 Å². The normalized spacial score (nSPS) is 11.6. The predicted molar refractivity (Wildman–Crippen MR) is 103 cm³/mol. The highest BCUT2D eigenvalue weighted by Crippen LogP contribution is 2.18. The molecule has 8 heteroatoms. The Bertz CT molecular complexity index is 1080. The van der Waals surface area contributed by atoms with Gasteiger partial charge in [-0.1, -0.05) is 41.9 Å². The summed E-state index contributed by atoms with van der Waals surface area (Å²) in [5.41, 5.74) is 3.04. The summed E-state index contributed by atoms with van der Waals surface area (Å²) < 4.78 is 30.0. The number of nitrogens with zero attached hydrogens (tertiary/aromatic N) is 1. The second-order valence-electron chi connectivity index (χ2n) is 5.59. The molecule has 0 aliphatic rings. The van der Waals surface area contributed by atoms with Gasteiger partial charge in [0, 0.05) is 5.02 Å². The topological polar surface area (TPSA) is 88.7 Å². The van der Waals surface area contributed by atoms with E-state index in [0.717, 1.165) is 5.56 Å². The number of carbonyl (C=O) groups is 1. The van der Waals surface area contributed by atoms with E-state index in [1.165, 1.54) is 30.5 Å². The summed E-state index contributed by atoms with van der Waals surface area (Å²) in [6.07, 6.45) is 1.44. The van der Waals surface area contributed by atoms with Gasteiger partial charge in [0.2, 0.25) is 0 Å². The Labute approximate surface area is 161 Å². The third-order valence-electron chi connectivity index (χ3n) is 3.55. The van der Waals surface area contributed by atoms with Crippen molar-refractivity contribution in [3.8, 4) is 0 Å². The SMILES string of the molecule is O=C(N/N=C\c1cccc(Cl)c1)c1ccc(CS(=O)(=O)c2ccccc2)o1. The van der Waals surface area contributed by atoms with E-state index >= 15 is 0 Å². The van der Waals surface area contributed by atoms with Gasteiger partial charge in [-0.25, -0.2) is 13.8 Å². The third kappa shape index (κ3) is 5.06. The van der Waals surface area contributed by atoms with Crippen LogP contribution in [0.2, 0.25) is 5.02 Å². The van der Waals surface area contributed by atoms with Gasteiger partial charge in [0.05, 0.1) is 11.1 Å². The van der Waals surface area contributed by atoms with Crippen LogP contribution in [0.5, 0.6) is 0 Å². The smallest absolute Gasteiger partial charge is 0.307 e. The maximum Gasteiger partial charge on any atom is 0.307 e. The molecule has 27 heavy (non-hydrogen) atoms. The molecule has 0 unspecified atom stereocenters. The van der Waals surface area contributed by atoms with Gasteiger partial charge in [-0.3, -0.25) is 4.79 Å². The van der Waals surface area contributed by atoms with Crippen molar-refractivity contribution in [2.75, 3.05) is 0 Å². The maximum absolute atomic E-state index is 12.3. The summed E-state index contributed by atoms with van der Waals surface area (Å²) in [6, 6.07) is 17.9. The molecule has 0 aliphatic heterocycles. The number of sulfone groups is 1.